The summed E-state index contributed by atoms with van der Waals surface area (Å²) in [4.78, 5) is 61.8. The zero-order chi connectivity index (χ0) is 41.2. The van der Waals surface area contributed by atoms with Gasteiger partial charge in [-0.1, -0.05) is 6.42 Å². The van der Waals surface area contributed by atoms with E-state index in [0.29, 0.717) is 25.2 Å². The van der Waals surface area contributed by atoms with E-state index in [1.807, 2.05) is 6.92 Å². The van der Waals surface area contributed by atoms with Crippen molar-refractivity contribution in [3.8, 4) is 0 Å². The van der Waals surface area contributed by atoms with Crippen LogP contribution in [0.2, 0.25) is 0 Å². The second-order valence-electron chi connectivity index (χ2n) is 15.1. The van der Waals surface area contributed by atoms with Crippen molar-refractivity contribution in [2.75, 3.05) is 26.2 Å². The number of carbonyl (C=O) groups is 3. The molecule has 4 atom stereocenters. The number of nitrogens with one attached hydrogen (secondary N) is 3. The van der Waals surface area contributed by atoms with Gasteiger partial charge in [-0.2, -0.15) is 5.48 Å². The maximum Gasteiger partial charge on any atom is 0.488 e. The Morgan fingerprint density at radius 3 is 2.00 bits per heavy atom. The lowest BCUT2D eigenvalue weighted by molar-refractivity contribution is -0.385. The maximum atomic E-state index is 13.7. The van der Waals surface area contributed by atoms with E-state index in [9.17, 15) is 65.0 Å². The van der Waals surface area contributed by atoms with Gasteiger partial charge in [-0.3, -0.25) is 34.6 Å². The summed E-state index contributed by atoms with van der Waals surface area (Å²) in [6.07, 6.45) is 8.11. The molecule has 9 N–H and O–H groups in total. The number of benzene rings is 2. The Morgan fingerprint density at radius 1 is 0.839 bits per heavy atom. The summed E-state index contributed by atoms with van der Waals surface area (Å²) in [5.41, 5.74) is -0.903. The van der Waals surface area contributed by atoms with Crippen LogP contribution in [-0.4, -0.2) is 114 Å². The largest absolute Gasteiger partial charge is 0.488 e. The van der Waals surface area contributed by atoms with Crippen LogP contribution in [0.3, 0.4) is 0 Å². The number of rotatable bonds is 19. The van der Waals surface area contributed by atoms with Gasteiger partial charge in [0.2, 0.25) is 5.91 Å². The molecule has 2 aromatic carbocycles. The number of aliphatic hydroxyl groups is 1. The molecule has 0 heterocycles. The third-order valence-corrected chi connectivity index (χ3v) is 11.2. The number of nitro groups is 2. The fourth-order valence-corrected chi connectivity index (χ4v) is 7.77. The molecule has 21 heteroatoms. The second kappa shape index (κ2) is 19.6. The highest BCUT2D eigenvalue weighted by Gasteiger charge is 2.48. The molecular weight excluding hydrogens is 734 g/mol. The van der Waals surface area contributed by atoms with Gasteiger partial charge >= 0.3 is 14.2 Å². The number of non-ortho nitro benzene ring substituents is 2. The average molecular weight is 784 g/mol. The summed E-state index contributed by atoms with van der Waals surface area (Å²) in [7, 11) is -4.21. The predicted octanol–water partition coefficient (Wildman–Crippen LogP) is -0.130. The first-order chi connectivity index (χ1) is 26.5. The lowest BCUT2D eigenvalue weighted by Crippen LogP contribution is -2.58. The van der Waals surface area contributed by atoms with Crippen LogP contribution >= 0.6 is 0 Å². The highest BCUT2D eigenvalue weighted by molar-refractivity contribution is 6.59. The van der Waals surface area contributed by atoms with E-state index in [2.05, 4.69) is 16.1 Å². The average Bonchev–Trinajstić information content (AvgIpc) is 3.14. The fraction of sp³-hybridized carbons (Fsp3) is 0.571. The van der Waals surface area contributed by atoms with Crippen molar-refractivity contribution in [2.24, 2.45) is 11.8 Å². The van der Waals surface area contributed by atoms with Crippen LogP contribution in [0.25, 0.3) is 0 Å². The molecule has 2 aliphatic carbocycles. The number of carbonyl (C=O) groups excluding carboxylic acids is 3. The Balaban J connectivity index is 1.35. The van der Waals surface area contributed by atoms with E-state index in [0.717, 1.165) is 86.2 Å². The number of hydroxylamine groups is 1. The van der Waals surface area contributed by atoms with Crippen molar-refractivity contribution < 1.29 is 54.6 Å². The predicted molar refractivity (Wildman–Crippen MR) is 203 cm³/mol. The lowest BCUT2D eigenvalue weighted by atomic mass is 9.60. The molecule has 4 rings (SSSR count). The first-order valence-electron chi connectivity index (χ1n) is 18.7. The molecule has 304 valence electrons. The minimum Gasteiger partial charge on any atom is -0.423 e. The van der Waals surface area contributed by atoms with Crippen molar-refractivity contribution in [3.63, 3.8) is 0 Å². The van der Waals surface area contributed by atoms with Gasteiger partial charge in [-0.25, -0.2) is 0 Å². The van der Waals surface area contributed by atoms with E-state index in [4.69, 9.17) is 0 Å². The number of unbranched alkanes of at least 4 members (excludes halogenated alkanes) is 1. The van der Waals surface area contributed by atoms with Crippen LogP contribution in [-0.2, 0) is 4.79 Å². The van der Waals surface area contributed by atoms with Crippen molar-refractivity contribution in [2.45, 2.75) is 88.7 Å². The molecular formula is C35H50B2N6O13. The topological polar surface area (TPSA) is 298 Å². The number of fused-ring (bicyclic) bond motifs is 1. The van der Waals surface area contributed by atoms with Gasteiger partial charge in [0.1, 0.15) is 0 Å². The molecule has 2 fully saturated rings. The first-order valence-corrected chi connectivity index (χ1v) is 18.7. The Kier molecular flexibility index (Phi) is 15.5. The van der Waals surface area contributed by atoms with E-state index in [-0.39, 0.29) is 59.6 Å². The van der Waals surface area contributed by atoms with Crippen molar-refractivity contribution in [1.29, 1.82) is 0 Å². The highest BCUT2D eigenvalue weighted by atomic mass is 16.6. The number of hydrogen-bond donors (Lipinski definition) is 9. The Hall–Kier alpha value is -4.50. The SMILES string of the molecule is CC(O)(CCCCNC(=O)CN(CCCNC(=O)c1cc(B(O)O)cc([N+](=O)[O-])c1)C(=O)c1cc(B(O)O)cc([N+](=O)[O-])c1)C1CCCC2CCC2(NO)CC1. The zero-order valence-corrected chi connectivity index (χ0v) is 31.3. The molecule has 0 aliphatic heterocycles. The Labute approximate surface area is 324 Å². The monoisotopic (exact) mass is 784 g/mol. The second-order valence-corrected chi connectivity index (χ2v) is 15.1. The molecule has 2 saturated carbocycles. The summed E-state index contributed by atoms with van der Waals surface area (Å²) in [5, 5.41) is 87.6. The van der Waals surface area contributed by atoms with Crippen LogP contribution < -0.4 is 27.0 Å². The van der Waals surface area contributed by atoms with E-state index >= 15 is 0 Å². The van der Waals surface area contributed by atoms with Crippen molar-refractivity contribution >= 4 is 54.3 Å². The van der Waals surface area contributed by atoms with Gasteiger partial charge in [0.15, 0.2) is 0 Å². The van der Waals surface area contributed by atoms with Gasteiger partial charge in [0.05, 0.1) is 22.0 Å². The van der Waals surface area contributed by atoms with E-state index < -0.39 is 65.3 Å². The van der Waals surface area contributed by atoms with E-state index in [1.54, 1.807) is 0 Å². The summed E-state index contributed by atoms with van der Waals surface area (Å²) in [6, 6.07) is 5.80. The first kappa shape index (κ1) is 44.2. The van der Waals surface area contributed by atoms with Gasteiger partial charge in [0, 0.05) is 60.6 Å². The normalized spacial score (nSPS) is 20.2. The molecule has 4 unspecified atom stereocenters. The van der Waals surface area contributed by atoms with Gasteiger partial charge < -0.3 is 45.9 Å². The molecule has 2 aromatic rings. The smallest absolute Gasteiger partial charge is 0.423 e. The zero-order valence-electron chi connectivity index (χ0n) is 31.3. The van der Waals surface area contributed by atoms with Crippen LogP contribution in [0.1, 0.15) is 98.3 Å². The molecule has 0 aromatic heterocycles. The van der Waals surface area contributed by atoms with Crippen molar-refractivity contribution in [1.82, 2.24) is 21.0 Å². The number of hydrogen-bond acceptors (Lipinski definition) is 14. The Morgan fingerprint density at radius 2 is 1.43 bits per heavy atom. The maximum absolute atomic E-state index is 13.7. The van der Waals surface area contributed by atoms with E-state index in [1.165, 1.54) is 0 Å². The van der Waals surface area contributed by atoms with Crippen LogP contribution in [0, 0.1) is 32.1 Å². The summed E-state index contributed by atoms with van der Waals surface area (Å²) in [6.45, 7) is 1.27. The molecule has 3 amide bonds. The van der Waals surface area contributed by atoms with Gasteiger partial charge in [-0.15, -0.1) is 0 Å². The standard InChI is InChI=1S/C35H50B2N6O13/c1-34(47,25-6-4-7-26-9-12-35(26,40-52)11-8-25)10-2-3-13-38-31(44)22-41(33(46)24-17-28(37(50)51)21-30(19-24)43(55)56)15-5-14-39-32(45)23-16-27(36(48)49)20-29(18-23)42(53)54/h16-21,25-26,40,47-52H,2-15,22H2,1H3,(H,38,44)(H,39,45). The summed E-state index contributed by atoms with van der Waals surface area (Å²) < 4.78 is 0. The van der Waals surface area contributed by atoms with Gasteiger partial charge in [0.25, 0.3) is 23.2 Å². The van der Waals surface area contributed by atoms with Crippen LogP contribution in [0.4, 0.5) is 11.4 Å². The minimum absolute atomic E-state index is 0.0337. The third-order valence-electron chi connectivity index (χ3n) is 11.2. The van der Waals surface area contributed by atoms with Crippen LogP contribution in [0.15, 0.2) is 36.4 Å². The summed E-state index contributed by atoms with van der Waals surface area (Å²) >= 11 is 0. The van der Waals surface area contributed by atoms with Crippen LogP contribution in [0.5, 0.6) is 0 Å². The molecule has 2 aliphatic rings. The quantitative estimate of drug-likeness (QED) is 0.0388. The number of nitro benzene ring substituents is 2. The Bertz CT molecular complexity index is 1750. The molecule has 19 nitrogen and oxygen atoms in total. The minimum atomic E-state index is -2.13. The van der Waals surface area contributed by atoms with Gasteiger partial charge in [-0.05, 0) is 106 Å². The molecule has 0 saturated heterocycles. The molecule has 0 spiro atoms. The fourth-order valence-electron chi connectivity index (χ4n) is 7.77. The number of amides is 3. The highest BCUT2D eigenvalue weighted by Crippen LogP contribution is 2.48. The molecule has 0 bridgehead atoms. The van der Waals surface area contributed by atoms with Crippen molar-refractivity contribution in [3.05, 3.63) is 67.8 Å². The lowest BCUT2D eigenvalue weighted by Gasteiger charge is -2.51. The molecule has 0 radical (unpaired) electrons. The summed E-state index contributed by atoms with van der Waals surface area (Å²) in [5.74, 6) is -1.69. The molecule has 56 heavy (non-hydrogen) atoms. The third kappa shape index (κ3) is 11.5. The number of nitrogens with zero attached hydrogens (tertiary/aromatic N) is 3.